The van der Waals surface area contributed by atoms with Crippen LogP contribution < -0.4 is 15.0 Å². The summed E-state index contributed by atoms with van der Waals surface area (Å²) in [5.41, 5.74) is 1.67. The number of Topliss-reactive ketones (excluding diaryl/α,β-unsaturated/α-hetero) is 1. The average molecular weight is 465 g/mol. The van der Waals surface area contributed by atoms with Gasteiger partial charge in [-0.1, -0.05) is 50.6 Å². The third-order valence-electron chi connectivity index (χ3n) is 5.74. The largest absolute Gasteiger partial charge is 0.494 e. The van der Waals surface area contributed by atoms with Crippen molar-refractivity contribution in [1.29, 1.82) is 0 Å². The number of carbonyl (C=O) groups excluding carboxylic acids is 1. The minimum absolute atomic E-state index is 0.0875. The first-order valence-electron chi connectivity index (χ1n) is 11.6. The quantitative estimate of drug-likeness (QED) is 0.407. The van der Waals surface area contributed by atoms with Crippen molar-refractivity contribution in [2.45, 2.75) is 52.4 Å². The minimum atomic E-state index is -0.382. The van der Waals surface area contributed by atoms with Gasteiger partial charge in [-0.15, -0.1) is 0 Å². The van der Waals surface area contributed by atoms with Crippen LogP contribution in [0.1, 0.15) is 66.8 Å². The lowest BCUT2D eigenvalue weighted by molar-refractivity contribution is 0.0981. The van der Waals surface area contributed by atoms with Crippen LogP contribution in [0.5, 0.6) is 17.4 Å². The number of methoxy groups -OCH3 is 2. The van der Waals surface area contributed by atoms with Gasteiger partial charge >= 0.3 is 0 Å². The van der Waals surface area contributed by atoms with Crippen LogP contribution >= 0.6 is 0 Å². The van der Waals surface area contributed by atoms with Gasteiger partial charge in [0, 0.05) is 24.8 Å². The second-order valence-electron chi connectivity index (χ2n) is 8.13. The van der Waals surface area contributed by atoms with Crippen LogP contribution in [0.15, 0.2) is 47.3 Å². The van der Waals surface area contributed by atoms with Crippen LogP contribution in [0.2, 0.25) is 0 Å². The highest BCUT2D eigenvalue weighted by Crippen LogP contribution is 2.33. The highest BCUT2D eigenvalue weighted by Gasteiger charge is 2.22. The number of benzene rings is 2. The summed E-state index contributed by atoms with van der Waals surface area (Å²) in [5.74, 6) is 1.18. The number of nitrogens with zero attached hydrogens (tertiary/aromatic N) is 2. The molecule has 0 aliphatic heterocycles. The van der Waals surface area contributed by atoms with E-state index in [1.807, 2.05) is 6.92 Å². The van der Waals surface area contributed by atoms with E-state index in [4.69, 9.17) is 9.47 Å². The van der Waals surface area contributed by atoms with Crippen molar-refractivity contribution in [1.82, 2.24) is 9.55 Å². The summed E-state index contributed by atoms with van der Waals surface area (Å²) in [5, 5.41) is 10.7. The normalized spacial score (nSPS) is 10.8. The van der Waals surface area contributed by atoms with Gasteiger partial charge in [0.1, 0.15) is 23.0 Å². The summed E-state index contributed by atoms with van der Waals surface area (Å²) >= 11 is 0. The van der Waals surface area contributed by atoms with Crippen molar-refractivity contribution in [2.75, 3.05) is 14.2 Å². The van der Waals surface area contributed by atoms with Gasteiger partial charge in [0.2, 0.25) is 5.88 Å². The number of hydrogen-bond donors (Lipinski definition) is 1. The Morgan fingerprint density at radius 1 is 1.00 bits per heavy atom. The number of aromatic hydroxyl groups is 1. The Balaban J connectivity index is 2.13. The molecule has 0 radical (unpaired) electrons. The van der Waals surface area contributed by atoms with Gasteiger partial charge in [0.25, 0.3) is 5.56 Å². The first kappa shape index (κ1) is 25.0. The monoisotopic (exact) mass is 464 g/mol. The predicted octanol–water partition coefficient (Wildman–Crippen LogP) is 4.87. The van der Waals surface area contributed by atoms with Gasteiger partial charge in [-0.2, -0.15) is 4.98 Å². The van der Waals surface area contributed by atoms with Gasteiger partial charge in [-0.05, 0) is 30.5 Å². The van der Waals surface area contributed by atoms with E-state index in [2.05, 4.69) is 11.9 Å². The zero-order valence-electron chi connectivity index (χ0n) is 20.3. The van der Waals surface area contributed by atoms with Gasteiger partial charge in [0.15, 0.2) is 5.78 Å². The van der Waals surface area contributed by atoms with Crippen molar-refractivity contribution >= 4 is 5.78 Å². The fraction of sp³-hybridized carbons (Fsp3) is 0.370. The summed E-state index contributed by atoms with van der Waals surface area (Å²) in [6.45, 7) is 4.02. The van der Waals surface area contributed by atoms with Gasteiger partial charge in [0.05, 0.1) is 19.8 Å². The number of para-hydroxylation sites is 1. The van der Waals surface area contributed by atoms with Crippen LogP contribution in [-0.4, -0.2) is 34.7 Å². The molecule has 0 bridgehead atoms. The zero-order valence-corrected chi connectivity index (χ0v) is 20.3. The molecule has 7 nitrogen and oxygen atoms in total. The van der Waals surface area contributed by atoms with E-state index < -0.39 is 0 Å². The van der Waals surface area contributed by atoms with Crippen molar-refractivity contribution in [2.24, 2.45) is 0 Å². The minimum Gasteiger partial charge on any atom is -0.494 e. The molecule has 3 aromatic rings. The van der Waals surface area contributed by atoms with Crippen molar-refractivity contribution in [3.05, 3.63) is 75.3 Å². The van der Waals surface area contributed by atoms with E-state index in [9.17, 15) is 14.7 Å². The van der Waals surface area contributed by atoms with Crippen LogP contribution in [-0.2, 0) is 12.8 Å². The molecule has 34 heavy (non-hydrogen) atoms. The summed E-state index contributed by atoms with van der Waals surface area (Å²) in [7, 11) is 3.07. The topological polar surface area (TPSA) is 90.7 Å². The molecule has 0 saturated heterocycles. The van der Waals surface area contributed by atoms with E-state index in [1.165, 1.54) is 18.8 Å². The van der Waals surface area contributed by atoms with E-state index in [0.29, 0.717) is 41.4 Å². The third-order valence-corrected chi connectivity index (χ3v) is 5.74. The lowest BCUT2D eigenvalue weighted by Crippen LogP contribution is -2.28. The van der Waals surface area contributed by atoms with Crippen LogP contribution in [0.3, 0.4) is 0 Å². The highest BCUT2D eigenvalue weighted by molar-refractivity contribution is 5.96. The maximum atomic E-state index is 13.8. The van der Waals surface area contributed by atoms with Gasteiger partial charge < -0.3 is 14.6 Å². The first-order chi connectivity index (χ1) is 16.4. The number of aromatic nitrogens is 2. The number of ketones is 1. The smallest absolute Gasteiger partial charge is 0.265 e. The number of carbonyl (C=O) groups is 1. The Morgan fingerprint density at radius 2 is 1.65 bits per heavy atom. The molecule has 7 heteroatoms. The first-order valence-corrected chi connectivity index (χ1v) is 11.6. The fourth-order valence-corrected chi connectivity index (χ4v) is 3.91. The molecule has 2 aromatic carbocycles. The fourth-order valence-electron chi connectivity index (χ4n) is 3.91. The molecule has 1 N–H and O–H groups in total. The Labute approximate surface area is 200 Å². The van der Waals surface area contributed by atoms with Crippen molar-refractivity contribution in [3.63, 3.8) is 0 Å². The highest BCUT2D eigenvalue weighted by atomic mass is 16.5. The maximum absolute atomic E-state index is 13.8. The summed E-state index contributed by atoms with van der Waals surface area (Å²) in [6, 6.07) is 12.4. The number of unbranched alkanes of at least 4 members (excludes halogenated alkanes) is 1. The number of rotatable bonds is 11. The molecule has 3 rings (SSSR count). The van der Waals surface area contributed by atoms with Gasteiger partial charge in [-0.3, -0.25) is 14.2 Å². The molecule has 0 fully saturated rings. The SMILES string of the molecule is CCCCc1nc(O)c(Cc2ccc(C(=O)CCC)cc2)c(=O)n1-c1c(OC)cccc1OC. The molecule has 0 unspecified atom stereocenters. The lowest BCUT2D eigenvalue weighted by Gasteiger charge is -2.19. The number of ether oxygens (including phenoxy) is 2. The molecule has 0 atom stereocenters. The second kappa shape index (κ2) is 11.5. The van der Waals surface area contributed by atoms with Crippen LogP contribution in [0.4, 0.5) is 0 Å². The van der Waals surface area contributed by atoms with E-state index >= 15 is 0 Å². The van der Waals surface area contributed by atoms with Gasteiger partial charge in [-0.25, -0.2) is 0 Å². The van der Waals surface area contributed by atoms with Crippen molar-refractivity contribution in [3.8, 4) is 23.1 Å². The van der Waals surface area contributed by atoms with E-state index in [-0.39, 0.29) is 29.2 Å². The van der Waals surface area contributed by atoms with Crippen LogP contribution in [0, 0.1) is 0 Å². The summed E-state index contributed by atoms with van der Waals surface area (Å²) in [4.78, 5) is 30.3. The molecule has 0 amide bonds. The average Bonchev–Trinajstić information content (AvgIpc) is 2.85. The Hall–Kier alpha value is -3.61. The standard InChI is InChI=1S/C27H32N2O5/c1-5-7-12-24-28-26(31)20(17-18-13-15-19(16-14-18)21(30)9-6-2)27(32)29(24)25-22(33-3)10-8-11-23(25)34-4/h8,10-11,13-16,31H,5-7,9,12,17H2,1-4H3. The molecule has 1 aromatic heterocycles. The molecule has 1 heterocycles. The molecule has 180 valence electrons. The molecule has 0 aliphatic rings. The second-order valence-corrected chi connectivity index (χ2v) is 8.13. The third kappa shape index (κ3) is 5.30. The lowest BCUT2D eigenvalue weighted by atomic mass is 10.0. The van der Waals surface area contributed by atoms with Crippen molar-refractivity contribution < 1.29 is 19.4 Å². The Morgan fingerprint density at radius 3 is 2.21 bits per heavy atom. The molecule has 0 saturated carbocycles. The molecule has 0 aliphatic carbocycles. The predicted molar refractivity (Wildman–Crippen MR) is 132 cm³/mol. The molecule has 0 spiro atoms. The van der Waals surface area contributed by atoms with Crippen LogP contribution in [0.25, 0.3) is 5.69 Å². The summed E-state index contributed by atoms with van der Waals surface area (Å²) < 4.78 is 12.6. The summed E-state index contributed by atoms with van der Waals surface area (Å²) in [6.07, 6.45) is 3.67. The number of aryl methyl sites for hydroxylation is 1. The maximum Gasteiger partial charge on any atom is 0.265 e. The molecular weight excluding hydrogens is 432 g/mol. The number of hydrogen-bond acceptors (Lipinski definition) is 6. The van der Waals surface area contributed by atoms with E-state index in [0.717, 1.165) is 24.8 Å². The Kier molecular flexibility index (Phi) is 8.46. The molecular formula is C27H32N2O5. The Bertz CT molecular complexity index is 1180. The zero-order chi connectivity index (χ0) is 24.7. The van der Waals surface area contributed by atoms with E-state index in [1.54, 1.807) is 42.5 Å².